The highest BCUT2D eigenvalue weighted by Gasteiger charge is 2.07. The van der Waals surface area contributed by atoms with Gasteiger partial charge in [-0.05, 0) is 47.9 Å². The van der Waals surface area contributed by atoms with Gasteiger partial charge in [-0.25, -0.2) is 13.4 Å². The lowest BCUT2D eigenvalue weighted by Gasteiger charge is -2.06. The fourth-order valence-electron chi connectivity index (χ4n) is 2.01. The summed E-state index contributed by atoms with van der Waals surface area (Å²) in [6, 6.07) is 14.3. The predicted octanol–water partition coefficient (Wildman–Crippen LogP) is 3.25. The first-order chi connectivity index (χ1) is 10.3. The number of nitrogens with two attached hydrogens (primary N) is 1. The molecule has 0 radical (unpaired) electrons. The van der Waals surface area contributed by atoms with Crippen LogP contribution in [0.3, 0.4) is 0 Å². The highest BCUT2D eigenvalue weighted by atomic mass is 32.2. The van der Waals surface area contributed by atoms with Gasteiger partial charge >= 0.3 is 0 Å². The molecule has 0 saturated carbocycles. The van der Waals surface area contributed by atoms with E-state index in [1.54, 1.807) is 12.1 Å². The third-order valence-electron chi connectivity index (χ3n) is 3.39. The van der Waals surface area contributed by atoms with Crippen LogP contribution in [0.5, 0.6) is 0 Å². The highest BCUT2D eigenvalue weighted by Crippen LogP contribution is 2.19. The van der Waals surface area contributed by atoms with E-state index in [-0.39, 0.29) is 4.90 Å². The number of nitrogens with zero attached hydrogens (tertiary/aromatic N) is 1. The second kappa shape index (κ2) is 6.32. The first kappa shape index (κ1) is 16.2. The molecule has 0 saturated heterocycles. The molecule has 22 heavy (non-hydrogen) atoms. The Hall–Kier alpha value is -2.14. The lowest BCUT2D eigenvalue weighted by Crippen LogP contribution is -2.13. The molecule has 0 aliphatic heterocycles. The third kappa shape index (κ3) is 3.95. The first-order valence-corrected chi connectivity index (χ1v) is 8.91. The number of hydrogen-bond donors (Lipinski definition) is 1. The standard InChI is InChI=1S/C17H20N2O2S/c1-12(2)13-4-8-15(9-5-13)19-17(18)14-6-10-16(11-7-14)22(3,20)21/h4-12H,1-3H3,(H2,18,19). The molecule has 0 aromatic heterocycles. The Labute approximate surface area is 131 Å². The van der Waals surface area contributed by atoms with Crippen LogP contribution in [0, 0.1) is 0 Å². The fraction of sp³-hybridized carbons (Fsp3) is 0.235. The Morgan fingerprint density at radius 3 is 2.00 bits per heavy atom. The van der Waals surface area contributed by atoms with Crippen molar-refractivity contribution in [3.05, 3.63) is 59.7 Å². The topological polar surface area (TPSA) is 72.5 Å². The average Bonchev–Trinajstić information content (AvgIpc) is 2.47. The largest absolute Gasteiger partial charge is 0.383 e. The van der Waals surface area contributed by atoms with Gasteiger partial charge in [-0.2, -0.15) is 0 Å². The van der Waals surface area contributed by atoms with E-state index in [9.17, 15) is 8.42 Å². The number of benzene rings is 2. The maximum absolute atomic E-state index is 11.4. The molecule has 2 aromatic carbocycles. The summed E-state index contributed by atoms with van der Waals surface area (Å²) in [5.74, 6) is 0.830. The summed E-state index contributed by atoms with van der Waals surface area (Å²) in [5, 5.41) is 0. The summed E-state index contributed by atoms with van der Waals surface area (Å²) in [7, 11) is -3.20. The van der Waals surface area contributed by atoms with Gasteiger partial charge < -0.3 is 5.73 Å². The maximum atomic E-state index is 11.4. The van der Waals surface area contributed by atoms with Crippen molar-refractivity contribution in [2.75, 3.05) is 6.26 Å². The second-order valence-corrected chi connectivity index (χ2v) is 7.56. The lowest BCUT2D eigenvalue weighted by molar-refractivity contribution is 0.602. The zero-order valence-corrected chi connectivity index (χ0v) is 13.8. The lowest BCUT2D eigenvalue weighted by atomic mass is 10.0. The number of rotatable bonds is 4. The van der Waals surface area contributed by atoms with Crippen LogP contribution >= 0.6 is 0 Å². The Kier molecular flexibility index (Phi) is 4.66. The Morgan fingerprint density at radius 2 is 1.55 bits per heavy atom. The van der Waals surface area contributed by atoms with Gasteiger partial charge in [0.25, 0.3) is 0 Å². The first-order valence-electron chi connectivity index (χ1n) is 7.02. The normalized spacial score (nSPS) is 12.6. The van der Waals surface area contributed by atoms with Crippen molar-refractivity contribution in [3.8, 4) is 0 Å². The third-order valence-corrected chi connectivity index (χ3v) is 4.52. The molecule has 0 atom stereocenters. The summed E-state index contributed by atoms with van der Waals surface area (Å²) >= 11 is 0. The molecule has 0 bridgehead atoms. The van der Waals surface area contributed by atoms with Crippen molar-refractivity contribution in [2.24, 2.45) is 10.7 Å². The van der Waals surface area contributed by atoms with Crippen LogP contribution in [0.1, 0.15) is 30.9 Å². The highest BCUT2D eigenvalue weighted by molar-refractivity contribution is 7.90. The summed E-state index contributed by atoms with van der Waals surface area (Å²) in [4.78, 5) is 4.64. The molecular weight excluding hydrogens is 296 g/mol. The molecule has 0 fully saturated rings. The zero-order valence-electron chi connectivity index (χ0n) is 12.9. The van der Waals surface area contributed by atoms with Crippen molar-refractivity contribution in [1.29, 1.82) is 0 Å². The van der Waals surface area contributed by atoms with E-state index < -0.39 is 9.84 Å². The second-order valence-electron chi connectivity index (χ2n) is 5.54. The molecule has 4 nitrogen and oxygen atoms in total. The van der Waals surface area contributed by atoms with Crippen LogP contribution in [0.15, 0.2) is 58.4 Å². The Balaban J connectivity index is 2.25. The van der Waals surface area contributed by atoms with Gasteiger partial charge in [0, 0.05) is 11.8 Å². The van der Waals surface area contributed by atoms with Crippen LogP contribution in [0.25, 0.3) is 0 Å². The molecule has 0 heterocycles. The van der Waals surface area contributed by atoms with Crippen molar-refractivity contribution in [2.45, 2.75) is 24.7 Å². The van der Waals surface area contributed by atoms with E-state index in [1.165, 1.54) is 24.0 Å². The number of sulfone groups is 1. The van der Waals surface area contributed by atoms with Crippen molar-refractivity contribution < 1.29 is 8.42 Å². The maximum Gasteiger partial charge on any atom is 0.175 e. The quantitative estimate of drug-likeness (QED) is 0.695. The molecular formula is C17H20N2O2S. The molecule has 0 aliphatic carbocycles. The van der Waals surface area contributed by atoms with E-state index in [1.807, 2.05) is 24.3 Å². The molecule has 0 aliphatic rings. The number of amidine groups is 1. The van der Waals surface area contributed by atoms with Crippen molar-refractivity contribution in [1.82, 2.24) is 0 Å². The predicted molar refractivity (Wildman–Crippen MR) is 90.5 cm³/mol. The minimum atomic E-state index is -3.20. The Bertz CT molecular complexity index is 774. The van der Waals surface area contributed by atoms with Crippen molar-refractivity contribution >= 4 is 21.4 Å². The monoisotopic (exact) mass is 316 g/mol. The summed E-state index contributed by atoms with van der Waals surface area (Å²) < 4.78 is 22.9. The van der Waals surface area contributed by atoms with Crippen LogP contribution in [-0.2, 0) is 9.84 Å². The Morgan fingerprint density at radius 1 is 1.00 bits per heavy atom. The number of hydrogen-bond acceptors (Lipinski definition) is 3. The van der Waals surface area contributed by atoms with Gasteiger partial charge in [0.05, 0.1) is 10.6 Å². The van der Waals surface area contributed by atoms with Crippen LogP contribution in [0.2, 0.25) is 0 Å². The van der Waals surface area contributed by atoms with Gasteiger partial charge in [0.1, 0.15) is 5.84 Å². The molecule has 0 amide bonds. The molecule has 5 heteroatoms. The summed E-state index contributed by atoms with van der Waals surface area (Å²) in [5.41, 5.74) is 8.70. The van der Waals surface area contributed by atoms with Gasteiger partial charge in [-0.15, -0.1) is 0 Å². The minimum Gasteiger partial charge on any atom is -0.383 e. The van der Waals surface area contributed by atoms with E-state index in [0.717, 1.165) is 5.69 Å². The summed E-state index contributed by atoms with van der Waals surface area (Å²) in [6.07, 6.45) is 1.18. The van der Waals surface area contributed by atoms with Gasteiger partial charge in [-0.3, -0.25) is 0 Å². The number of aliphatic imine (C=N–C) groups is 1. The average molecular weight is 316 g/mol. The molecule has 0 spiro atoms. The van der Waals surface area contributed by atoms with Gasteiger partial charge in [-0.1, -0.05) is 26.0 Å². The summed E-state index contributed by atoms with van der Waals surface area (Å²) in [6.45, 7) is 4.27. The smallest absolute Gasteiger partial charge is 0.175 e. The van der Waals surface area contributed by atoms with Crippen LogP contribution < -0.4 is 5.73 Å². The van der Waals surface area contributed by atoms with Gasteiger partial charge in [0.2, 0.25) is 0 Å². The van der Waals surface area contributed by atoms with E-state index in [0.29, 0.717) is 17.3 Å². The minimum absolute atomic E-state index is 0.269. The fourth-order valence-corrected chi connectivity index (χ4v) is 2.64. The van der Waals surface area contributed by atoms with E-state index >= 15 is 0 Å². The van der Waals surface area contributed by atoms with Crippen LogP contribution in [0.4, 0.5) is 5.69 Å². The zero-order chi connectivity index (χ0) is 16.3. The molecule has 2 rings (SSSR count). The SMILES string of the molecule is CC(C)c1ccc(N=C(N)c2ccc(S(C)(=O)=O)cc2)cc1. The molecule has 116 valence electrons. The van der Waals surface area contributed by atoms with Gasteiger partial charge in [0.15, 0.2) is 9.84 Å². The van der Waals surface area contributed by atoms with E-state index in [4.69, 9.17) is 5.73 Å². The van der Waals surface area contributed by atoms with Crippen LogP contribution in [-0.4, -0.2) is 20.5 Å². The molecule has 2 aromatic rings. The van der Waals surface area contributed by atoms with Crippen molar-refractivity contribution in [3.63, 3.8) is 0 Å². The molecule has 2 N–H and O–H groups in total. The van der Waals surface area contributed by atoms with E-state index in [2.05, 4.69) is 18.8 Å². The molecule has 0 unspecified atom stereocenters.